The number of hydrogen-bond donors (Lipinski definition) is 2. The molecule has 1 saturated carbocycles. The van der Waals surface area contributed by atoms with Crippen LogP contribution in [0.3, 0.4) is 0 Å². The first-order valence-electron chi connectivity index (χ1n) is 5.81. The summed E-state index contributed by atoms with van der Waals surface area (Å²) in [5.74, 6) is 0.973. The number of rotatable bonds is 3. The van der Waals surface area contributed by atoms with Crippen molar-refractivity contribution in [2.45, 2.75) is 31.8 Å². The fourth-order valence-corrected chi connectivity index (χ4v) is 2.79. The van der Waals surface area contributed by atoms with E-state index in [4.69, 9.17) is 5.11 Å². The zero-order valence-electron chi connectivity index (χ0n) is 8.73. The van der Waals surface area contributed by atoms with Crippen LogP contribution in [0, 0.1) is 11.8 Å². The molecule has 1 aliphatic heterocycles. The highest BCUT2D eigenvalue weighted by Crippen LogP contribution is 2.28. The van der Waals surface area contributed by atoms with Gasteiger partial charge in [-0.2, -0.15) is 0 Å². The highest BCUT2D eigenvalue weighted by Gasteiger charge is 2.29. The van der Waals surface area contributed by atoms with Crippen molar-refractivity contribution in [1.29, 1.82) is 0 Å². The molecule has 14 heavy (non-hydrogen) atoms. The Morgan fingerprint density at radius 1 is 1.21 bits per heavy atom. The van der Waals surface area contributed by atoms with E-state index < -0.39 is 0 Å². The smallest absolute Gasteiger partial charge is 0.0580 e. The molecule has 3 atom stereocenters. The Morgan fingerprint density at radius 2 is 2.07 bits per heavy atom. The summed E-state index contributed by atoms with van der Waals surface area (Å²) in [7, 11) is 0. The van der Waals surface area contributed by atoms with Gasteiger partial charge in [0.15, 0.2) is 0 Å². The average Bonchev–Trinajstić information content (AvgIpc) is 2.77. The zero-order valence-corrected chi connectivity index (χ0v) is 8.73. The molecule has 1 heterocycles. The lowest BCUT2D eigenvalue weighted by Gasteiger charge is -2.22. The first-order chi connectivity index (χ1) is 6.79. The summed E-state index contributed by atoms with van der Waals surface area (Å²) in [6.45, 7) is 3.50. The molecule has 3 unspecified atom stereocenters. The van der Waals surface area contributed by atoms with E-state index in [1.165, 1.54) is 12.8 Å². The summed E-state index contributed by atoms with van der Waals surface area (Å²) in [5.41, 5.74) is 0. The summed E-state index contributed by atoms with van der Waals surface area (Å²) in [6.07, 6.45) is 4.41. The van der Waals surface area contributed by atoms with E-state index in [2.05, 4.69) is 4.90 Å². The van der Waals surface area contributed by atoms with E-state index in [-0.39, 0.29) is 6.10 Å². The van der Waals surface area contributed by atoms with Crippen LogP contribution in [0.1, 0.15) is 25.7 Å². The molecule has 2 fully saturated rings. The number of aliphatic hydroxyl groups is 2. The third-order valence-corrected chi connectivity index (χ3v) is 3.74. The van der Waals surface area contributed by atoms with Crippen molar-refractivity contribution in [2.24, 2.45) is 11.8 Å². The fourth-order valence-electron chi connectivity index (χ4n) is 2.79. The lowest BCUT2D eigenvalue weighted by molar-refractivity contribution is 0.106. The van der Waals surface area contributed by atoms with Gasteiger partial charge in [0.05, 0.1) is 6.10 Å². The maximum Gasteiger partial charge on any atom is 0.0580 e. The summed E-state index contributed by atoms with van der Waals surface area (Å²) < 4.78 is 0. The molecule has 0 aromatic rings. The Balaban J connectivity index is 1.75. The van der Waals surface area contributed by atoms with Gasteiger partial charge in [-0.25, -0.2) is 0 Å². The summed E-state index contributed by atoms with van der Waals surface area (Å²) in [4.78, 5) is 2.40. The lowest BCUT2D eigenvalue weighted by Crippen LogP contribution is -2.31. The molecule has 0 aromatic carbocycles. The molecule has 1 saturated heterocycles. The van der Waals surface area contributed by atoms with Crippen LogP contribution in [-0.2, 0) is 0 Å². The zero-order chi connectivity index (χ0) is 9.97. The number of likely N-dealkylation sites (tertiary alicyclic amines) is 1. The predicted molar refractivity (Wildman–Crippen MR) is 55.0 cm³/mol. The predicted octanol–water partition coefficient (Wildman–Crippen LogP) is 0.462. The van der Waals surface area contributed by atoms with Crippen molar-refractivity contribution in [1.82, 2.24) is 4.90 Å². The van der Waals surface area contributed by atoms with Gasteiger partial charge in [-0.3, -0.25) is 0 Å². The van der Waals surface area contributed by atoms with Crippen LogP contribution in [0.4, 0.5) is 0 Å². The van der Waals surface area contributed by atoms with Gasteiger partial charge in [0.2, 0.25) is 0 Å². The second-order valence-electron chi connectivity index (χ2n) is 4.86. The van der Waals surface area contributed by atoms with Gasteiger partial charge in [-0.15, -0.1) is 0 Å². The van der Waals surface area contributed by atoms with Gasteiger partial charge < -0.3 is 15.1 Å². The third-order valence-electron chi connectivity index (χ3n) is 3.74. The highest BCUT2D eigenvalue weighted by atomic mass is 16.3. The van der Waals surface area contributed by atoms with Crippen LogP contribution in [0.2, 0.25) is 0 Å². The number of nitrogens with zero attached hydrogens (tertiary/aromatic N) is 1. The van der Waals surface area contributed by atoms with E-state index in [1.807, 2.05) is 0 Å². The third kappa shape index (κ3) is 2.27. The molecule has 0 bridgehead atoms. The fraction of sp³-hybridized carbons (Fsp3) is 1.00. The number of hydrogen-bond acceptors (Lipinski definition) is 3. The maximum absolute atomic E-state index is 9.70. The molecule has 82 valence electrons. The molecule has 2 aliphatic rings. The molecule has 2 N–H and O–H groups in total. The van der Waals surface area contributed by atoms with Crippen molar-refractivity contribution in [3.63, 3.8) is 0 Å². The van der Waals surface area contributed by atoms with Crippen LogP contribution in [-0.4, -0.2) is 47.5 Å². The Labute approximate surface area is 85.7 Å². The van der Waals surface area contributed by atoms with Gasteiger partial charge in [0, 0.05) is 19.7 Å². The molecule has 1 aliphatic carbocycles. The second kappa shape index (κ2) is 4.60. The highest BCUT2D eigenvalue weighted by molar-refractivity contribution is 4.83. The van der Waals surface area contributed by atoms with Crippen LogP contribution in [0.25, 0.3) is 0 Å². The molecular weight excluding hydrogens is 178 g/mol. The van der Waals surface area contributed by atoms with Crippen LogP contribution in [0.15, 0.2) is 0 Å². The molecule has 0 spiro atoms. The first-order valence-corrected chi connectivity index (χ1v) is 5.81. The van der Waals surface area contributed by atoms with Crippen molar-refractivity contribution in [3.05, 3.63) is 0 Å². The number of aliphatic hydroxyl groups excluding tert-OH is 2. The average molecular weight is 199 g/mol. The summed E-state index contributed by atoms with van der Waals surface area (Å²) in [5, 5.41) is 18.7. The monoisotopic (exact) mass is 199 g/mol. The van der Waals surface area contributed by atoms with Crippen LogP contribution >= 0.6 is 0 Å². The van der Waals surface area contributed by atoms with Gasteiger partial charge in [0.1, 0.15) is 0 Å². The Kier molecular flexibility index (Phi) is 3.42. The van der Waals surface area contributed by atoms with Crippen molar-refractivity contribution in [2.75, 3.05) is 26.2 Å². The van der Waals surface area contributed by atoms with Gasteiger partial charge >= 0.3 is 0 Å². The van der Waals surface area contributed by atoms with Gasteiger partial charge in [-0.1, -0.05) is 6.42 Å². The molecule has 3 nitrogen and oxygen atoms in total. The SMILES string of the molecule is OCC1CCN(CC2CCCC2O)C1. The van der Waals surface area contributed by atoms with Crippen LogP contribution < -0.4 is 0 Å². The Bertz CT molecular complexity index is 186. The van der Waals surface area contributed by atoms with E-state index >= 15 is 0 Å². The minimum atomic E-state index is -0.0665. The van der Waals surface area contributed by atoms with E-state index in [0.717, 1.165) is 32.5 Å². The minimum Gasteiger partial charge on any atom is -0.396 e. The van der Waals surface area contributed by atoms with Crippen LogP contribution in [0.5, 0.6) is 0 Å². The molecule has 2 rings (SSSR count). The minimum absolute atomic E-state index is 0.0665. The molecule has 0 amide bonds. The lowest BCUT2D eigenvalue weighted by atomic mass is 10.1. The topological polar surface area (TPSA) is 43.7 Å². The molecular formula is C11H21NO2. The standard InChI is InChI=1S/C11H21NO2/c13-8-9-4-5-12(6-9)7-10-2-1-3-11(10)14/h9-11,13-14H,1-8H2. The maximum atomic E-state index is 9.70. The quantitative estimate of drug-likeness (QED) is 0.694. The van der Waals surface area contributed by atoms with Crippen molar-refractivity contribution < 1.29 is 10.2 Å². The van der Waals surface area contributed by atoms with Gasteiger partial charge in [0.25, 0.3) is 0 Å². The Hall–Kier alpha value is -0.120. The molecule has 3 heteroatoms. The largest absolute Gasteiger partial charge is 0.396 e. The van der Waals surface area contributed by atoms with E-state index in [1.54, 1.807) is 0 Å². The first kappa shape index (κ1) is 10.4. The molecule has 0 radical (unpaired) electrons. The normalized spacial score (nSPS) is 39.4. The van der Waals surface area contributed by atoms with Crippen molar-refractivity contribution in [3.8, 4) is 0 Å². The second-order valence-corrected chi connectivity index (χ2v) is 4.86. The van der Waals surface area contributed by atoms with Gasteiger partial charge in [-0.05, 0) is 37.6 Å². The Morgan fingerprint density at radius 3 is 2.64 bits per heavy atom. The van der Waals surface area contributed by atoms with E-state index in [0.29, 0.717) is 18.4 Å². The molecule has 0 aromatic heterocycles. The summed E-state index contributed by atoms with van der Waals surface area (Å²) >= 11 is 0. The van der Waals surface area contributed by atoms with Crippen molar-refractivity contribution >= 4 is 0 Å². The summed E-state index contributed by atoms with van der Waals surface area (Å²) in [6, 6.07) is 0. The van der Waals surface area contributed by atoms with E-state index in [9.17, 15) is 5.11 Å².